The van der Waals surface area contributed by atoms with Gasteiger partial charge in [-0.15, -0.1) is 0 Å². The van der Waals surface area contributed by atoms with Gasteiger partial charge in [0, 0.05) is 6.54 Å². The van der Waals surface area contributed by atoms with Crippen LogP contribution in [0.3, 0.4) is 0 Å². The Kier molecular flexibility index (Phi) is 6.56. The number of hydrogen-bond acceptors (Lipinski definition) is 3. The first-order valence-electron chi connectivity index (χ1n) is 7.33. The third-order valence-electron chi connectivity index (χ3n) is 3.37. The van der Waals surface area contributed by atoms with Gasteiger partial charge in [-0.1, -0.05) is 43.7 Å². The summed E-state index contributed by atoms with van der Waals surface area (Å²) in [6.07, 6.45) is 0. The minimum Gasteiger partial charge on any atom is -0.345 e. The molecule has 21 heavy (non-hydrogen) atoms. The van der Waals surface area contributed by atoms with Crippen molar-refractivity contribution < 1.29 is 9.59 Å². The van der Waals surface area contributed by atoms with Crippen LogP contribution in [0.15, 0.2) is 24.3 Å². The van der Waals surface area contributed by atoms with Crippen molar-refractivity contribution in [3.8, 4) is 0 Å². The van der Waals surface area contributed by atoms with Gasteiger partial charge in [-0.05, 0) is 32.4 Å². The SMILES string of the molecule is CC(=O)C(NC(=O)CN(C)Cc1cccc(C)c1)C(C)C. The molecule has 1 unspecified atom stereocenters. The zero-order chi connectivity index (χ0) is 16.0. The second-order valence-corrected chi connectivity index (χ2v) is 6.06. The molecule has 0 spiro atoms. The lowest BCUT2D eigenvalue weighted by atomic mass is 10.0. The second-order valence-electron chi connectivity index (χ2n) is 6.06. The number of carbonyl (C=O) groups excluding carboxylic acids is 2. The van der Waals surface area contributed by atoms with Crippen LogP contribution in [-0.2, 0) is 16.1 Å². The van der Waals surface area contributed by atoms with E-state index in [9.17, 15) is 9.59 Å². The van der Waals surface area contributed by atoms with E-state index < -0.39 is 6.04 Å². The monoisotopic (exact) mass is 290 g/mol. The van der Waals surface area contributed by atoms with Crippen LogP contribution in [0.2, 0.25) is 0 Å². The van der Waals surface area contributed by atoms with E-state index in [0.29, 0.717) is 6.54 Å². The van der Waals surface area contributed by atoms with E-state index in [1.807, 2.05) is 37.9 Å². The lowest BCUT2D eigenvalue weighted by Gasteiger charge is -2.22. The molecule has 1 amide bonds. The van der Waals surface area contributed by atoms with Gasteiger partial charge in [0.05, 0.1) is 12.6 Å². The van der Waals surface area contributed by atoms with Crippen molar-refractivity contribution >= 4 is 11.7 Å². The molecule has 116 valence electrons. The number of nitrogens with one attached hydrogen (secondary N) is 1. The number of hydrogen-bond donors (Lipinski definition) is 1. The number of ketones is 1. The highest BCUT2D eigenvalue weighted by Gasteiger charge is 2.20. The Hall–Kier alpha value is -1.68. The van der Waals surface area contributed by atoms with E-state index in [4.69, 9.17) is 0 Å². The highest BCUT2D eigenvalue weighted by Crippen LogP contribution is 2.07. The molecule has 4 heteroatoms. The summed E-state index contributed by atoms with van der Waals surface area (Å²) in [7, 11) is 1.90. The molecular weight excluding hydrogens is 264 g/mol. The van der Waals surface area contributed by atoms with Crippen LogP contribution < -0.4 is 5.32 Å². The van der Waals surface area contributed by atoms with Gasteiger partial charge in [0.2, 0.25) is 5.91 Å². The highest BCUT2D eigenvalue weighted by molar-refractivity contribution is 5.88. The summed E-state index contributed by atoms with van der Waals surface area (Å²) in [5, 5.41) is 2.81. The van der Waals surface area contributed by atoms with E-state index in [-0.39, 0.29) is 24.2 Å². The van der Waals surface area contributed by atoms with Crippen LogP contribution in [0.4, 0.5) is 0 Å². The normalized spacial score (nSPS) is 12.5. The zero-order valence-corrected chi connectivity index (χ0v) is 13.6. The third kappa shape index (κ3) is 6.08. The number of benzene rings is 1. The van der Waals surface area contributed by atoms with Crippen LogP contribution in [0.5, 0.6) is 0 Å². The molecule has 1 atom stereocenters. The van der Waals surface area contributed by atoms with E-state index >= 15 is 0 Å². The molecular formula is C17H26N2O2. The molecule has 0 aromatic heterocycles. The smallest absolute Gasteiger partial charge is 0.234 e. The number of nitrogens with zero attached hydrogens (tertiary/aromatic N) is 1. The summed E-state index contributed by atoms with van der Waals surface area (Å²) in [6.45, 7) is 8.43. The van der Waals surface area contributed by atoms with E-state index in [1.54, 1.807) is 0 Å². The fraction of sp³-hybridized carbons (Fsp3) is 0.529. The zero-order valence-electron chi connectivity index (χ0n) is 13.6. The Morgan fingerprint density at radius 1 is 1.29 bits per heavy atom. The summed E-state index contributed by atoms with van der Waals surface area (Å²) in [4.78, 5) is 25.5. The lowest BCUT2D eigenvalue weighted by molar-refractivity contribution is -0.128. The largest absolute Gasteiger partial charge is 0.345 e. The second kappa shape index (κ2) is 7.93. The summed E-state index contributed by atoms with van der Waals surface area (Å²) in [6, 6.07) is 7.83. The molecule has 0 bridgehead atoms. The van der Waals surface area contributed by atoms with Crippen LogP contribution in [-0.4, -0.2) is 36.2 Å². The van der Waals surface area contributed by atoms with E-state index in [2.05, 4.69) is 24.4 Å². The molecule has 0 radical (unpaired) electrons. The van der Waals surface area contributed by atoms with Crippen molar-refractivity contribution in [2.45, 2.75) is 40.3 Å². The van der Waals surface area contributed by atoms with Crippen LogP contribution in [0.25, 0.3) is 0 Å². The van der Waals surface area contributed by atoms with Gasteiger partial charge >= 0.3 is 0 Å². The summed E-state index contributed by atoms with van der Waals surface area (Å²) < 4.78 is 0. The molecule has 1 aromatic rings. The predicted molar refractivity (Wildman–Crippen MR) is 85.0 cm³/mol. The van der Waals surface area contributed by atoms with Crippen molar-refractivity contribution in [2.75, 3.05) is 13.6 Å². The first-order valence-corrected chi connectivity index (χ1v) is 7.33. The molecule has 0 saturated carbocycles. The number of aryl methyl sites for hydroxylation is 1. The fourth-order valence-electron chi connectivity index (χ4n) is 2.38. The first-order chi connectivity index (χ1) is 9.79. The average Bonchev–Trinajstić information content (AvgIpc) is 2.34. The summed E-state index contributed by atoms with van der Waals surface area (Å²) in [5.41, 5.74) is 2.39. The maximum atomic E-state index is 12.0. The molecule has 1 rings (SSSR count). The van der Waals surface area contributed by atoms with Crippen LogP contribution in [0.1, 0.15) is 31.9 Å². The van der Waals surface area contributed by atoms with E-state index in [0.717, 1.165) is 0 Å². The maximum absolute atomic E-state index is 12.0. The Labute approximate surface area is 127 Å². The molecule has 0 fully saturated rings. The molecule has 0 saturated heterocycles. The minimum atomic E-state index is -0.398. The van der Waals surface area contributed by atoms with Crippen molar-refractivity contribution in [1.82, 2.24) is 10.2 Å². The van der Waals surface area contributed by atoms with Gasteiger partial charge in [0.15, 0.2) is 5.78 Å². The van der Waals surface area contributed by atoms with Gasteiger partial charge < -0.3 is 5.32 Å². The maximum Gasteiger partial charge on any atom is 0.234 e. The standard InChI is InChI=1S/C17H26N2O2/c1-12(2)17(14(4)20)18-16(21)11-19(5)10-15-8-6-7-13(3)9-15/h6-9,12,17H,10-11H2,1-5H3,(H,18,21). The number of Topliss-reactive ketones (excluding diaryl/α,β-unsaturated/α-hetero) is 1. The molecule has 1 N–H and O–H groups in total. The molecule has 4 nitrogen and oxygen atoms in total. The van der Waals surface area contributed by atoms with Crippen molar-refractivity contribution in [3.05, 3.63) is 35.4 Å². The number of carbonyl (C=O) groups is 2. The Balaban J connectivity index is 2.52. The molecule has 1 aromatic carbocycles. The quantitative estimate of drug-likeness (QED) is 0.837. The average molecular weight is 290 g/mol. The van der Waals surface area contributed by atoms with E-state index in [1.165, 1.54) is 18.1 Å². The summed E-state index contributed by atoms with van der Waals surface area (Å²) in [5.74, 6) is -0.00716. The third-order valence-corrected chi connectivity index (χ3v) is 3.37. The molecule has 0 aliphatic carbocycles. The van der Waals surface area contributed by atoms with Gasteiger partial charge in [-0.3, -0.25) is 14.5 Å². The van der Waals surface area contributed by atoms with Gasteiger partial charge in [-0.25, -0.2) is 0 Å². The number of rotatable bonds is 7. The first kappa shape index (κ1) is 17.4. The lowest BCUT2D eigenvalue weighted by Crippen LogP contribution is -2.46. The Bertz CT molecular complexity index is 497. The highest BCUT2D eigenvalue weighted by atomic mass is 16.2. The molecule has 0 heterocycles. The minimum absolute atomic E-state index is 0.000290. The summed E-state index contributed by atoms with van der Waals surface area (Å²) >= 11 is 0. The number of likely N-dealkylation sites (N-methyl/N-ethyl adjacent to an activating group) is 1. The van der Waals surface area contributed by atoms with Gasteiger partial charge in [0.25, 0.3) is 0 Å². The number of amides is 1. The predicted octanol–water partition coefficient (Wildman–Crippen LogP) is 2.16. The Morgan fingerprint density at radius 2 is 1.95 bits per heavy atom. The van der Waals surface area contributed by atoms with Crippen LogP contribution in [0, 0.1) is 12.8 Å². The molecule has 0 aliphatic heterocycles. The van der Waals surface area contributed by atoms with Crippen molar-refractivity contribution in [3.63, 3.8) is 0 Å². The van der Waals surface area contributed by atoms with Crippen molar-refractivity contribution in [1.29, 1.82) is 0 Å². The van der Waals surface area contributed by atoms with Crippen LogP contribution >= 0.6 is 0 Å². The van der Waals surface area contributed by atoms with Crippen molar-refractivity contribution in [2.24, 2.45) is 5.92 Å². The fourth-order valence-corrected chi connectivity index (χ4v) is 2.38. The van der Waals surface area contributed by atoms with Gasteiger partial charge in [-0.2, -0.15) is 0 Å². The molecule has 0 aliphatic rings. The van der Waals surface area contributed by atoms with Gasteiger partial charge in [0.1, 0.15) is 0 Å². The Morgan fingerprint density at radius 3 is 2.48 bits per heavy atom. The topological polar surface area (TPSA) is 49.4 Å².